The van der Waals surface area contributed by atoms with Crippen LogP contribution in [0.1, 0.15) is 31.3 Å². The number of imide groups is 1. The van der Waals surface area contributed by atoms with Crippen LogP contribution >= 0.6 is 11.6 Å². The molecule has 4 rings (SSSR count). The number of aromatic nitrogens is 1. The number of carbonyl (C=O) groups excluding carboxylic acids is 3. The highest BCUT2D eigenvalue weighted by atomic mass is 35.5. The van der Waals surface area contributed by atoms with Crippen LogP contribution in [0.4, 0.5) is 4.39 Å². The molecule has 2 heterocycles. The van der Waals surface area contributed by atoms with Gasteiger partial charge in [0, 0.05) is 11.6 Å². The Balaban J connectivity index is 1.57. The number of nitrogens with zero attached hydrogens (tertiary/aromatic N) is 2. The van der Waals surface area contributed by atoms with E-state index in [1.807, 2.05) is 0 Å². The lowest BCUT2D eigenvalue weighted by molar-refractivity contribution is -0.0607. The molecule has 0 atom stereocenters. The average Bonchev–Trinajstić information content (AvgIpc) is 3.24. The Morgan fingerprint density at radius 2 is 1.67 bits per heavy atom. The first-order chi connectivity index (χ1) is 13.0. The molecule has 3 aromatic rings. The van der Waals surface area contributed by atoms with Crippen molar-refractivity contribution >= 4 is 29.4 Å². The number of amides is 2. The number of fused-ring (bicyclic) bond motifs is 1. The van der Waals surface area contributed by atoms with Crippen molar-refractivity contribution in [3.63, 3.8) is 0 Å². The van der Waals surface area contributed by atoms with Crippen molar-refractivity contribution in [1.82, 2.24) is 10.2 Å². The van der Waals surface area contributed by atoms with Crippen LogP contribution < -0.4 is 0 Å². The van der Waals surface area contributed by atoms with Gasteiger partial charge in [0.1, 0.15) is 5.69 Å². The van der Waals surface area contributed by atoms with Crippen molar-refractivity contribution in [2.24, 2.45) is 0 Å². The van der Waals surface area contributed by atoms with Crippen molar-refractivity contribution in [2.75, 3.05) is 0 Å². The molecule has 1 aliphatic rings. The maximum Gasteiger partial charge on any atom is 0.401 e. The van der Waals surface area contributed by atoms with Crippen LogP contribution in [0, 0.1) is 5.82 Å². The molecule has 0 N–H and O–H groups in total. The topological polar surface area (TPSA) is 89.7 Å². The predicted molar refractivity (Wildman–Crippen MR) is 89.3 cm³/mol. The van der Waals surface area contributed by atoms with Crippen LogP contribution in [0.2, 0.25) is 5.02 Å². The highest BCUT2D eigenvalue weighted by Gasteiger charge is 2.39. The molecule has 0 saturated carbocycles. The molecule has 0 spiro atoms. The minimum Gasteiger partial charge on any atom is -0.348 e. The summed E-state index contributed by atoms with van der Waals surface area (Å²) in [5, 5.41) is 3.82. The Hall–Kier alpha value is -3.52. The lowest BCUT2D eigenvalue weighted by Crippen LogP contribution is -2.32. The first-order valence-electron chi connectivity index (χ1n) is 7.58. The molecule has 0 bridgehead atoms. The summed E-state index contributed by atoms with van der Waals surface area (Å²) in [6.45, 7) is 0. The molecule has 2 amide bonds. The summed E-state index contributed by atoms with van der Waals surface area (Å²) < 4.78 is 18.9. The summed E-state index contributed by atoms with van der Waals surface area (Å²) in [5.41, 5.74) is 0.263. The highest BCUT2D eigenvalue weighted by Crippen LogP contribution is 2.28. The fourth-order valence-electron chi connectivity index (χ4n) is 2.58. The van der Waals surface area contributed by atoms with Gasteiger partial charge in [0.2, 0.25) is 5.76 Å². The number of benzene rings is 2. The molecular weight excluding hydrogens is 379 g/mol. The van der Waals surface area contributed by atoms with E-state index in [1.165, 1.54) is 30.3 Å². The second-order valence-corrected chi connectivity index (χ2v) is 5.91. The first-order valence-corrected chi connectivity index (χ1v) is 7.96. The van der Waals surface area contributed by atoms with Gasteiger partial charge in [-0.25, -0.2) is 9.18 Å². The zero-order valence-corrected chi connectivity index (χ0v) is 14.1. The van der Waals surface area contributed by atoms with E-state index in [0.717, 1.165) is 6.07 Å². The number of carbonyl (C=O) groups is 3. The zero-order valence-electron chi connectivity index (χ0n) is 13.3. The fraction of sp³-hybridized carbons (Fsp3) is 0. The monoisotopic (exact) mass is 386 g/mol. The SMILES string of the molecule is O=C(ON1C(=O)c2ccccc2C1=O)c1cc(-c2cccc(Cl)c2F)no1. The molecule has 0 radical (unpaired) electrons. The Bertz CT molecular complexity index is 1080. The molecule has 0 unspecified atom stereocenters. The van der Waals surface area contributed by atoms with E-state index in [2.05, 4.69) is 5.16 Å². The van der Waals surface area contributed by atoms with E-state index in [9.17, 15) is 18.8 Å². The van der Waals surface area contributed by atoms with Crippen LogP contribution in [0.5, 0.6) is 0 Å². The number of hydrogen-bond donors (Lipinski definition) is 0. The summed E-state index contributed by atoms with van der Waals surface area (Å²) in [7, 11) is 0. The van der Waals surface area contributed by atoms with E-state index < -0.39 is 29.4 Å². The van der Waals surface area contributed by atoms with Gasteiger partial charge in [0.25, 0.3) is 11.8 Å². The lowest BCUT2D eigenvalue weighted by atomic mass is 10.1. The summed E-state index contributed by atoms with van der Waals surface area (Å²) in [4.78, 5) is 41.5. The second kappa shape index (κ2) is 6.33. The number of hydrogen-bond acceptors (Lipinski definition) is 6. The maximum atomic E-state index is 14.1. The number of rotatable bonds is 3. The van der Waals surface area contributed by atoms with Crippen LogP contribution in [0.15, 0.2) is 53.1 Å². The molecule has 1 aromatic heterocycles. The second-order valence-electron chi connectivity index (χ2n) is 5.51. The van der Waals surface area contributed by atoms with E-state index in [1.54, 1.807) is 12.1 Å². The Morgan fingerprint density at radius 1 is 1.04 bits per heavy atom. The zero-order chi connectivity index (χ0) is 19.1. The molecule has 0 saturated heterocycles. The van der Waals surface area contributed by atoms with E-state index >= 15 is 0 Å². The van der Waals surface area contributed by atoms with Crippen LogP contribution in [-0.2, 0) is 4.84 Å². The van der Waals surface area contributed by atoms with Gasteiger partial charge in [-0.2, -0.15) is 0 Å². The van der Waals surface area contributed by atoms with E-state index in [-0.39, 0.29) is 27.4 Å². The summed E-state index contributed by atoms with van der Waals surface area (Å²) in [5.74, 6) is -3.83. The molecule has 7 nitrogen and oxygen atoms in total. The van der Waals surface area contributed by atoms with Crippen molar-refractivity contribution in [2.45, 2.75) is 0 Å². The summed E-state index contributed by atoms with van der Waals surface area (Å²) >= 11 is 5.72. The van der Waals surface area contributed by atoms with Gasteiger partial charge in [-0.15, -0.1) is 0 Å². The maximum absolute atomic E-state index is 14.1. The summed E-state index contributed by atoms with van der Waals surface area (Å²) in [6, 6.07) is 11.4. The van der Waals surface area contributed by atoms with Gasteiger partial charge in [0.05, 0.1) is 16.1 Å². The van der Waals surface area contributed by atoms with E-state index in [4.69, 9.17) is 21.0 Å². The largest absolute Gasteiger partial charge is 0.401 e. The van der Waals surface area contributed by atoms with Crippen LogP contribution in [0.3, 0.4) is 0 Å². The highest BCUT2D eigenvalue weighted by molar-refractivity contribution is 6.31. The molecular formula is C18H8ClFN2O5. The van der Waals surface area contributed by atoms with E-state index in [0.29, 0.717) is 5.06 Å². The minimum absolute atomic E-state index is 0.00399. The quantitative estimate of drug-likeness (QED) is 0.640. The third-order valence-electron chi connectivity index (χ3n) is 3.87. The van der Waals surface area contributed by atoms with Gasteiger partial charge in [-0.3, -0.25) is 9.59 Å². The average molecular weight is 387 g/mol. The number of hydroxylamine groups is 2. The molecule has 27 heavy (non-hydrogen) atoms. The minimum atomic E-state index is -1.13. The van der Waals surface area contributed by atoms with Gasteiger partial charge >= 0.3 is 5.97 Å². The Labute approximate surface area is 155 Å². The molecule has 134 valence electrons. The Morgan fingerprint density at radius 3 is 2.33 bits per heavy atom. The molecule has 0 aliphatic carbocycles. The molecule has 0 fully saturated rings. The van der Waals surface area contributed by atoms with Crippen LogP contribution in [0.25, 0.3) is 11.3 Å². The molecule has 9 heteroatoms. The van der Waals surface area contributed by atoms with Gasteiger partial charge in [-0.05, 0) is 24.3 Å². The van der Waals surface area contributed by atoms with Crippen molar-refractivity contribution in [3.05, 3.63) is 76.3 Å². The van der Waals surface area contributed by atoms with Crippen LogP contribution in [-0.4, -0.2) is 28.0 Å². The van der Waals surface area contributed by atoms with Crippen molar-refractivity contribution in [1.29, 1.82) is 0 Å². The summed E-state index contributed by atoms with van der Waals surface area (Å²) in [6.07, 6.45) is 0. The van der Waals surface area contributed by atoms with Gasteiger partial charge in [0.15, 0.2) is 5.82 Å². The van der Waals surface area contributed by atoms with Gasteiger partial charge in [-0.1, -0.05) is 40.0 Å². The molecule has 2 aromatic carbocycles. The third-order valence-corrected chi connectivity index (χ3v) is 4.16. The van der Waals surface area contributed by atoms with Crippen molar-refractivity contribution in [3.8, 4) is 11.3 Å². The fourth-order valence-corrected chi connectivity index (χ4v) is 2.75. The standard InChI is InChI=1S/C18H8ClFN2O5/c19-12-7-3-6-11(15(12)20)13-8-14(26-21-13)18(25)27-22-16(23)9-4-1-2-5-10(9)17(22)24/h1-8H. The smallest absolute Gasteiger partial charge is 0.348 e. The third kappa shape index (κ3) is 2.76. The van der Waals surface area contributed by atoms with Crippen molar-refractivity contribution < 1.29 is 28.1 Å². The molecule has 1 aliphatic heterocycles. The Kier molecular flexibility index (Phi) is 3.97. The first kappa shape index (κ1) is 16.9. The predicted octanol–water partition coefficient (Wildman–Crippen LogP) is 3.50. The normalized spacial score (nSPS) is 13.0. The lowest BCUT2D eigenvalue weighted by Gasteiger charge is -2.10. The number of halogens is 2. The van der Waals surface area contributed by atoms with Gasteiger partial charge < -0.3 is 9.36 Å².